The fourth-order valence-electron chi connectivity index (χ4n) is 0.499. The van der Waals surface area contributed by atoms with Gasteiger partial charge in [0, 0.05) is 0 Å². The minimum atomic E-state index is -2.48. The Morgan fingerprint density at radius 1 is 1.60 bits per heavy atom. The first kappa shape index (κ1) is 9.42. The van der Waals surface area contributed by atoms with Crippen molar-refractivity contribution in [2.45, 2.75) is 6.92 Å². The van der Waals surface area contributed by atoms with Gasteiger partial charge in [0.1, 0.15) is 10.7 Å². The van der Waals surface area contributed by atoms with Crippen LogP contribution in [0.25, 0.3) is 0 Å². The second kappa shape index (κ2) is 4.27. The van der Waals surface area contributed by atoms with Crippen molar-refractivity contribution in [2.24, 2.45) is 5.92 Å². The van der Waals surface area contributed by atoms with Crippen molar-refractivity contribution in [1.29, 1.82) is 0 Å². The Bertz CT molecular complexity index is 176. The summed E-state index contributed by atoms with van der Waals surface area (Å²) in [5.41, 5.74) is 0. The van der Waals surface area contributed by atoms with Crippen molar-refractivity contribution in [1.82, 2.24) is 0 Å². The topological polar surface area (TPSA) is 60.4 Å². The summed E-state index contributed by atoms with van der Waals surface area (Å²) < 4.78 is 24.4. The molecule has 4 nitrogen and oxygen atoms in total. The van der Waals surface area contributed by atoms with Crippen LogP contribution >= 0.6 is 0 Å². The van der Waals surface area contributed by atoms with Crippen LogP contribution in [0.1, 0.15) is 6.92 Å². The van der Waals surface area contributed by atoms with Crippen molar-refractivity contribution in [2.75, 3.05) is 12.9 Å². The van der Waals surface area contributed by atoms with E-state index in [-0.39, 0.29) is 5.75 Å². The first-order valence-electron chi connectivity index (χ1n) is 2.77. The molecular formula is C5H10O4S. The molecule has 0 aromatic rings. The second-order valence-corrected chi connectivity index (χ2v) is 2.97. The Kier molecular flexibility index (Phi) is 4.02. The van der Waals surface area contributed by atoms with E-state index in [1.54, 1.807) is 0 Å². The highest BCUT2D eigenvalue weighted by Gasteiger charge is 2.13. The van der Waals surface area contributed by atoms with Crippen molar-refractivity contribution in [3.05, 3.63) is 0 Å². The third-order valence-electron chi connectivity index (χ3n) is 1.03. The van der Waals surface area contributed by atoms with E-state index in [4.69, 9.17) is 0 Å². The Hall–Kier alpha value is -0.580. The van der Waals surface area contributed by atoms with E-state index in [0.29, 0.717) is 0 Å². The third-order valence-corrected chi connectivity index (χ3v) is 1.87. The summed E-state index contributed by atoms with van der Waals surface area (Å²) in [5.74, 6) is -1.17. The largest absolute Gasteiger partial charge is 0.469 e. The molecule has 0 fully saturated rings. The molecule has 0 bridgehead atoms. The highest BCUT2D eigenvalue weighted by atomic mass is 32.2. The molecule has 1 atom stereocenters. The van der Waals surface area contributed by atoms with Gasteiger partial charge in [0.2, 0.25) is 0 Å². The molecule has 0 aliphatic heterocycles. The van der Waals surface area contributed by atoms with Gasteiger partial charge in [0.15, 0.2) is 0 Å². The smallest absolute Gasteiger partial charge is 0.309 e. The minimum absolute atomic E-state index is 0.137. The number of hydrogen-bond donors (Lipinski definition) is 1. The summed E-state index contributed by atoms with van der Waals surface area (Å²) in [6.45, 7) is 1.51. The zero-order valence-corrected chi connectivity index (χ0v) is 6.76. The number of methoxy groups -OCH3 is 1. The number of rotatable bonds is 3. The summed E-state index contributed by atoms with van der Waals surface area (Å²) in [4.78, 5) is 10.6. The predicted molar refractivity (Wildman–Crippen MR) is 36.4 cm³/mol. The van der Waals surface area contributed by atoms with E-state index in [2.05, 4.69) is 4.74 Å². The number of esters is 1. The van der Waals surface area contributed by atoms with E-state index in [9.17, 15) is 13.2 Å². The van der Waals surface area contributed by atoms with Crippen LogP contribution in [0.2, 0.25) is 0 Å². The Morgan fingerprint density at radius 2 is 2.10 bits per heavy atom. The van der Waals surface area contributed by atoms with Crippen molar-refractivity contribution >= 4 is 16.7 Å². The van der Waals surface area contributed by atoms with Gasteiger partial charge in [-0.2, -0.15) is 0 Å². The molecule has 0 heterocycles. The van der Waals surface area contributed by atoms with Crippen LogP contribution in [0.3, 0.4) is 0 Å². The van der Waals surface area contributed by atoms with Crippen LogP contribution in [0.15, 0.2) is 0 Å². The van der Waals surface area contributed by atoms with Gasteiger partial charge < -0.3 is 4.74 Å². The Balaban J connectivity index is 3.84. The van der Waals surface area contributed by atoms with Crippen LogP contribution in [0, 0.1) is 5.92 Å². The summed E-state index contributed by atoms with van der Waals surface area (Å²) in [6.07, 6.45) is 0. The third kappa shape index (κ3) is 3.45. The fraction of sp³-hybridized carbons (Fsp3) is 0.800. The minimum Gasteiger partial charge on any atom is -0.469 e. The van der Waals surface area contributed by atoms with E-state index in [1.165, 1.54) is 14.0 Å². The molecule has 5 heteroatoms. The number of ether oxygens (including phenoxy) is 1. The zero-order valence-electron chi connectivity index (χ0n) is 5.86. The maximum Gasteiger partial charge on any atom is 0.309 e. The highest BCUT2D eigenvalue weighted by Crippen LogP contribution is 1.96. The molecule has 0 N–H and O–H groups in total. The average Bonchev–Trinajstić information content (AvgIpc) is 1.85. The lowest BCUT2D eigenvalue weighted by atomic mass is 10.2. The molecule has 0 rings (SSSR count). The summed E-state index contributed by atoms with van der Waals surface area (Å²) >= 11 is 0. The standard InChI is InChI=1S/C5H10O4S/c1-4(3-10(7)8)5(6)9-2/h4,10H,3H2,1-2H3. The predicted octanol–water partition coefficient (Wildman–Crippen LogP) is -0.593. The zero-order chi connectivity index (χ0) is 8.15. The molecule has 60 valence electrons. The van der Waals surface area contributed by atoms with E-state index < -0.39 is 22.6 Å². The lowest BCUT2D eigenvalue weighted by Gasteiger charge is -2.02. The molecule has 1 unspecified atom stereocenters. The number of thiol groups is 1. The molecule has 0 aliphatic rings. The fourth-order valence-corrected chi connectivity index (χ4v) is 1.10. The Labute approximate surface area is 61.1 Å². The number of hydrogen-bond acceptors (Lipinski definition) is 4. The van der Waals surface area contributed by atoms with Crippen LogP contribution < -0.4 is 0 Å². The molecule has 0 aromatic carbocycles. The summed E-state index contributed by atoms with van der Waals surface area (Å²) in [7, 11) is -1.25. The lowest BCUT2D eigenvalue weighted by Crippen LogP contribution is -2.17. The maximum atomic E-state index is 10.6. The monoisotopic (exact) mass is 166 g/mol. The van der Waals surface area contributed by atoms with Gasteiger partial charge in [-0.25, -0.2) is 8.42 Å². The lowest BCUT2D eigenvalue weighted by molar-refractivity contribution is -0.144. The quantitative estimate of drug-likeness (QED) is 0.449. The molecular weight excluding hydrogens is 156 g/mol. The van der Waals surface area contributed by atoms with E-state index in [0.717, 1.165) is 0 Å². The number of carbonyl (C=O) groups excluding carboxylic acids is 1. The molecule has 0 aliphatic carbocycles. The number of carbonyl (C=O) groups is 1. The molecule has 0 saturated heterocycles. The van der Waals surface area contributed by atoms with Crippen molar-refractivity contribution in [3.63, 3.8) is 0 Å². The Morgan fingerprint density at radius 3 is 2.40 bits per heavy atom. The van der Waals surface area contributed by atoms with Crippen molar-refractivity contribution in [3.8, 4) is 0 Å². The highest BCUT2D eigenvalue weighted by molar-refractivity contribution is 7.72. The van der Waals surface area contributed by atoms with Gasteiger partial charge in [-0.3, -0.25) is 4.79 Å². The first-order valence-corrected chi connectivity index (χ1v) is 4.13. The van der Waals surface area contributed by atoms with Gasteiger partial charge in [0.05, 0.1) is 18.8 Å². The van der Waals surface area contributed by atoms with Gasteiger partial charge in [-0.1, -0.05) is 6.92 Å². The van der Waals surface area contributed by atoms with Gasteiger partial charge in [-0.05, 0) is 0 Å². The SMILES string of the molecule is COC(=O)C(C)C[SH](=O)=O. The van der Waals surface area contributed by atoms with Crippen LogP contribution in [-0.2, 0) is 20.2 Å². The molecule has 0 spiro atoms. The normalized spacial score (nSPS) is 13.1. The van der Waals surface area contributed by atoms with E-state index >= 15 is 0 Å². The second-order valence-electron chi connectivity index (χ2n) is 1.94. The van der Waals surface area contributed by atoms with Crippen molar-refractivity contribution < 1.29 is 17.9 Å². The van der Waals surface area contributed by atoms with Crippen LogP contribution in [0.5, 0.6) is 0 Å². The summed E-state index contributed by atoms with van der Waals surface area (Å²) in [5, 5.41) is 0. The van der Waals surface area contributed by atoms with E-state index in [1.807, 2.05) is 0 Å². The van der Waals surface area contributed by atoms with Crippen LogP contribution in [0.4, 0.5) is 0 Å². The molecule has 0 amide bonds. The summed E-state index contributed by atoms with van der Waals surface area (Å²) in [6, 6.07) is 0. The maximum absolute atomic E-state index is 10.6. The molecule has 0 saturated carbocycles. The average molecular weight is 166 g/mol. The van der Waals surface area contributed by atoms with Gasteiger partial charge in [0.25, 0.3) is 0 Å². The molecule has 0 radical (unpaired) electrons. The first-order chi connectivity index (χ1) is 4.57. The van der Waals surface area contributed by atoms with Gasteiger partial charge >= 0.3 is 5.97 Å². The van der Waals surface area contributed by atoms with Crippen LogP contribution in [-0.4, -0.2) is 27.2 Å². The van der Waals surface area contributed by atoms with Gasteiger partial charge in [-0.15, -0.1) is 0 Å². The molecule has 10 heavy (non-hydrogen) atoms. The molecule has 0 aromatic heterocycles.